The molecule has 6 nitrogen and oxygen atoms in total. The first-order valence-corrected chi connectivity index (χ1v) is 8.37. The number of benzene rings is 2. The van der Waals surface area contributed by atoms with Crippen molar-refractivity contribution in [1.82, 2.24) is 4.83 Å². The number of rotatable bonds is 5. The highest BCUT2D eigenvalue weighted by Gasteiger charge is 2.18. The number of halogens is 1. The van der Waals surface area contributed by atoms with Gasteiger partial charge >= 0.3 is 0 Å². The summed E-state index contributed by atoms with van der Waals surface area (Å²) < 4.78 is 29.7. The predicted octanol–water partition coefficient (Wildman–Crippen LogP) is 2.68. The van der Waals surface area contributed by atoms with E-state index < -0.39 is 10.0 Å². The van der Waals surface area contributed by atoms with E-state index in [0.29, 0.717) is 5.56 Å². The third-order valence-corrected chi connectivity index (χ3v) is 4.51. The van der Waals surface area contributed by atoms with Crippen LogP contribution in [-0.4, -0.2) is 26.8 Å². The van der Waals surface area contributed by atoms with Crippen molar-refractivity contribution in [2.75, 3.05) is 7.11 Å². The Morgan fingerprint density at radius 1 is 1.26 bits per heavy atom. The summed E-state index contributed by atoms with van der Waals surface area (Å²) in [5.41, 5.74) is 1.31. The predicted molar refractivity (Wildman–Crippen MR) is 88.8 cm³/mol. The van der Waals surface area contributed by atoms with Crippen LogP contribution in [0.2, 0.25) is 5.02 Å². The molecule has 2 aromatic rings. The third-order valence-electron chi connectivity index (χ3n) is 2.97. The fourth-order valence-electron chi connectivity index (χ4n) is 1.82. The van der Waals surface area contributed by atoms with Gasteiger partial charge < -0.3 is 9.84 Å². The quantitative estimate of drug-likeness (QED) is 0.638. The molecule has 0 aromatic heterocycles. The molecule has 0 heterocycles. The van der Waals surface area contributed by atoms with E-state index in [9.17, 15) is 13.5 Å². The number of nitrogens with one attached hydrogen (secondary N) is 1. The van der Waals surface area contributed by atoms with Gasteiger partial charge in [0.1, 0.15) is 16.4 Å². The summed E-state index contributed by atoms with van der Waals surface area (Å²) >= 11 is 5.77. The number of hydrogen-bond acceptors (Lipinski definition) is 5. The summed E-state index contributed by atoms with van der Waals surface area (Å²) in [5, 5.41) is 13.2. The molecule has 2 rings (SSSR count). The fraction of sp³-hybridized carbons (Fsp3) is 0.133. The van der Waals surface area contributed by atoms with Crippen LogP contribution in [0.4, 0.5) is 0 Å². The standard InChI is InChI=1S/C15H15ClN2O4S/c1-10-3-6-14(22-2)15(7-10)23(20,21)18-17-9-11-4-5-13(19)12(16)8-11/h3-9,18-19H,1-2H3/b17-9+. The Hall–Kier alpha value is -2.25. The van der Waals surface area contributed by atoms with Crippen molar-refractivity contribution in [3.63, 3.8) is 0 Å². The molecule has 2 N–H and O–H groups in total. The molecule has 122 valence electrons. The molecule has 0 unspecified atom stereocenters. The van der Waals surface area contributed by atoms with Crippen molar-refractivity contribution in [2.24, 2.45) is 5.10 Å². The number of hydrogen-bond donors (Lipinski definition) is 2. The minimum absolute atomic E-state index is 0.000823. The number of phenols is 1. The molecule has 0 fully saturated rings. The maximum atomic E-state index is 12.3. The number of phenolic OH excluding ortho intramolecular Hbond substituents is 1. The third kappa shape index (κ3) is 4.14. The van der Waals surface area contributed by atoms with Crippen LogP contribution in [-0.2, 0) is 10.0 Å². The van der Waals surface area contributed by atoms with Crippen LogP contribution in [0.3, 0.4) is 0 Å². The molecule has 8 heteroatoms. The van der Waals surface area contributed by atoms with Crippen LogP contribution < -0.4 is 9.57 Å². The molecule has 0 atom stereocenters. The minimum Gasteiger partial charge on any atom is -0.506 e. The molecular formula is C15H15ClN2O4S. The molecule has 0 aliphatic heterocycles. The van der Waals surface area contributed by atoms with Gasteiger partial charge in [-0.1, -0.05) is 17.7 Å². The van der Waals surface area contributed by atoms with Gasteiger partial charge in [0.2, 0.25) is 0 Å². The summed E-state index contributed by atoms with van der Waals surface area (Å²) in [5.74, 6) is 0.167. The first kappa shape index (κ1) is 17.1. The van der Waals surface area contributed by atoms with E-state index in [1.165, 1.54) is 31.5 Å². The van der Waals surface area contributed by atoms with Gasteiger partial charge in [0.25, 0.3) is 10.0 Å². The van der Waals surface area contributed by atoms with Crippen molar-refractivity contribution >= 4 is 27.8 Å². The van der Waals surface area contributed by atoms with Crippen molar-refractivity contribution in [3.8, 4) is 11.5 Å². The van der Waals surface area contributed by atoms with E-state index in [2.05, 4.69) is 9.93 Å². The molecule has 23 heavy (non-hydrogen) atoms. The number of aryl methyl sites for hydroxylation is 1. The zero-order valence-corrected chi connectivity index (χ0v) is 14.0. The summed E-state index contributed by atoms with van der Waals surface area (Å²) in [4.78, 5) is 2.12. The van der Waals surface area contributed by atoms with Crippen LogP contribution in [0, 0.1) is 6.92 Å². The Labute approximate surface area is 139 Å². The van der Waals surface area contributed by atoms with Gasteiger partial charge in [-0.25, -0.2) is 0 Å². The summed E-state index contributed by atoms with van der Waals surface area (Å²) in [6, 6.07) is 9.22. The molecular weight excluding hydrogens is 340 g/mol. The maximum Gasteiger partial charge on any atom is 0.280 e. The zero-order valence-electron chi connectivity index (χ0n) is 12.4. The van der Waals surface area contributed by atoms with E-state index in [1.54, 1.807) is 25.1 Å². The van der Waals surface area contributed by atoms with Crippen LogP contribution in [0.5, 0.6) is 11.5 Å². The first-order valence-electron chi connectivity index (χ1n) is 6.51. The topological polar surface area (TPSA) is 88.0 Å². The van der Waals surface area contributed by atoms with E-state index in [4.69, 9.17) is 16.3 Å². The molecule has 0 bridgehead atoms. The largest absolute Gasteiger partial charge is 0.506 e. The Balaban J connectivity index is 2.23. The second-order valence-corrected chi connectivity index (χ2v) is 6.75. The van der Waals surface area contributed by atoms with Crippen molar-refractivity contribution in [3.05, 3.63) is 52.5 Å². The Morgan fingerprint density at radius 3 is 2.65 bits per heavy atom. The summed E-state index contributed by atoms with van der Waals surface area (Å²) in [7, 11) is -2.48. The normalized spacial score (nSPS) is 11.6. The number of ether oxygens (including phenoxy) is 1. The lowest BCUT2D eigenvalue weighted by Gasteiger charge is -2.09. The summed E-state index contributed by atoms with van der Waals surface area (Å²) in [6.45, 7) is 1.78. The average Bonchev–Trinajstić information content (AvgIpc) is 2.50. The van der Waals surface area contributed by atoms with Crippen molar-refractivity contribution in [2.45, 2.75) is 11.8 Å². The number of sulfonamides is 1. The number of aromatic hydroxyl groups is 1. The lowest BCUT2D eigenvalue weighted by atomic mass is 10.2. The van der Waals surface area contributed by atoms with Gasteiger partial charge in [0, 0.05) is 0 Å². The van der Waals surface area contributed by atoms with Gasteiger partial charge in [0.15, 0.2) is 0 Å². The minimum atomic E-state index is -3.87. The highest BCUT2D eigenvalue weighted by Crippen LogP contribution is 2.25. The van der Waals surface area contributed by atoms with E-state index in [-0.39, 0.29) is 21.4 Å². The Morgan fingerprint density at radius 2 is 2.00 bits per heavy atom. The first-order chi connectivity index (χ1) is 10.8. The smallest absolute Gasteiger partial charge is 0.280 e. The van der Waals surface area contributed by atoms with Gasteiger partial charge in [0.05, 0.1) is 18.3 Å². The second kappa shape index (κ2) is 6.89. The molecule has 0 radical (unpaired) electrons. The van der Waals surface area contributed by atoms with E-state index >= 15 is 0 Å². The highest BCUT2D eigenvalue weighted by molar-refractivity contribution is 7.89. The molecule has 0 aliphatic rings. The summed E-state index contributed by atoms with van der Waals surface area (Å²) in [6.07, 6.45) is 1.28. The lowest BCUT2D eigenvalue weighted by Crippen LogP contribution is -2.19. The number of methoxy groups -OCH3 is 1. The Bertz CT molecular complexity index is 851. The van der Waals surface area contributed by atoms with Crippen LogP contribution in [0.25, 0.3) is 0 Å². The van der Waals surface area contributed by atoms with Crippen LogP contribution in [0.1, 0.15) is 11.1 Å². The van der Waals surface area contributed by atoms with E-state index in [1.807, 2.05) is 0 Å². The van der Waals surface area contributed by atoms with Gasteiger partial charge in [-0.2, -0.15) is 18.4 Å². The maximum absolute atomic E-state index is 12.3. The fourth-order valence-corrected chi connectivity index (χ4v) is 3.05. The van der Waals surface area contributed by atoms with E-state index in [0.717, 1.165) is 5.56 Å². The van der Waals surface area contributed by atoms with Crippen molar-refractivity contribution in [1.29, 1.82) is 0 Å². The average molecular weight is 355 g/mol. The Kier molecular flexibility index (Phi) is 5.12. The molecule has 0 saturated heterocycles. The SMILES string of the molecule is COc1ccc(C)cc1S(=O)(=O)N/N=C/c1ccc(O)c(Cl)c1. The molecule has 0 aliphatic carbocycles. The lowest BCUT2D eigenvalue weighted by molar-refractivity contribution is 0.402. The monoisotopic (exact) mass is 354 g/mol. The molecule has 2 aromatic carbocycles. The van der Waals surface area contributed by atoms with Gasteiger partial charge in [-0.15, -0.1) is 0 Å². The van der Waals surface area contributed by atoms with Crippen LogP contribution >= 0.6 is 11.6 Å². The number of nitrogens with zero attached hydrogens (tertiary/aromatic N) is 1. The molecule has 0 spiro atoms. The molecule has 0 saturated carbocycles. The highest BCUT2D eigenvalue weighted by atomic mass is 35.5. The van der Waals surface area contributed by atoms with Crippen molar-refractivity contribution < 1.29 is 18.3 Å². The van der Waals surface area contributed by atoms with Gasteiger partial charge in [-0.3, -0.25) is 0 Å². The molecule has 0 amide bonds. The zero-order chi connectivity index (χ0) is 17.0. The second-order valence-electron chi connectivity index (χ2n) is 4.72. The van der Waals surface area contributed by atoms with Crippen LogP contribution in [0.15, 0.2) is 46.4 Å². The van der Waals surface area contributed by atoms with Gasteiger partial charge in [-0.05, 0) is 48.4 Å². The number of hydrazone groups is 1.